The van der Waals surface area contributed by atoms with E-state index in [9.17, 15) is 0 Å². The molecule has 0 atom stereocenters. The first-order valence-electron chi connectivity index (χ1n) is 9.71. The van der Waals surface area contributed by atoms with Crippen molar-refractivity contribution in [3.05, 3.63) is 24.3 Å². The number of anilines is 3. The van der Waals surface area contributed by atoms with Gasteiger partial charge in [-0.1, -0.05) is 0 Å². The van der Waals surface area contributed by atoms with Gasteiger partial charge < -0.3 is 19.9 Å². The summed E-state index contributed by atoms with van der Waals surface area (Å²) >= 11 is 0. The molecule has 3 aromatic heterocycles. The minimum atomic E-state index is 0.574. The number of nitrogens with one attached hydrogen (secondary N) is 1. The molecular formula is C19H29N9O. The van der Waals surface area contributed by atoms with Crippen molar-refractivity contribution in [3.8, 4) is 0 Å². The van der Waals surface area contributed by atoms with Gasteiger partial charge in [0.1, 0.15) is 23.2 Å². The number of hydrogen-bond donors (Lipinski definition) is 1. The summed E-state index contributed by atoms with van der Waals surface area (Å²) in [7, 11) is 6.09. The van der Waals surface area contributed by atoms with Gasteiger partial charge in [-0.3, -0.25) is 4.68 Å². The van der Waals surface area contributed by atoms with Crippen LogP contribution in [0.1, 0.15) is 12.6 Å². The fourth-order valence-electron chi connectivity index (χ4n) is 2.87. The van der Waals surface area contributed by atoms with Crippen LogP contribution in [-0.4, -0.2) is 82.1 Å². The summed E-state index contributed by atoms with van der Waals surface area (Å²) in [5, 5.41) is 7.98. The monoisotopic (exact) mass is 399 g/mol. The van der Waals surface area contributed by atoms with Crippen molar-refractivity contribution >= 4 is 28.6 Å². The van der Waals surface area contributed by atoms with Gasteiger partial charge in [0.15, 0.2) is 5.82 Å². The van der Waals surface area contributed by atoms with Crippen molar-refractivity contribution in [2.75, 3.05) is 57.7 Å². The molecule has 0 aromatic carbocycles. The molecule has 10 heteroatoms. The molecule has 0 aliphatic rings. The highest BCUT2D eigenvalue weighted by atomic mass is 16.5. The zero-order chi connectivity index (χ0) is 20.8. The molecule has 3 heterocycles. The van der Waals surface area contributed by atoms with Crippen LogP contribution in [0.3, 0.4) is 0 Å². The van der Waals surface area contributed by atoms with Gasteiger partial charge in [-0.15, -0.1) is 0 Å². The maximum Gasteiger partial charge on any atom is 0.227 e. The molecule has 0 saturated heterocycles. The molecule has 0 aliphatic carbocycles. The third kappa shape index (κ3) is 5.15. The average molecular weight is 400 g/mol. The Morgan fingerprint density at radius 3 is 2.69 bits per heavy atom. The normalized spacial score (nSPS) is 11.4. The smallest absolute Gasteiger partial charge is 0.227 e. The Labute approximate surface area is 170 Å². The Hall–Kier alpha value is -2.85. The second-order valence-corrected chi connectivity index (χ2v) is 7.02. The van der Waals surface area contributed by atoms with Gasteiger partial charge in [0, 0.05) is 32.9 Å². The molecule has 0 bridgehead atoms. The van der Waals surface area contributed by atoms with Crippen LogP contribution in [0, 0.1) is 6.92 Å². The van der Waals surface area contributed by atoms with Gasteiger partial charge in [0.2, 0.25) is 5.95 Å². The fourth-order valence-corrected chi connectivity index (χ4v) is 2.87. The van der Waals surface area contributed by atoms with Crippen LogP contribution in [0.15, 0.2) is 18.6 Å². The summed E-state index contributed by atoms with van der Waals surface area (Å²) in [6.07, 6.45) is 3.19. The maximum atomic E-state index is 5.51. The van der Waals surface area contributed by atoms with Crippen LogP contribution in [0.25, 0.3) is 11.0 Å². The molecule has 1 N–H and O–H groups in total. The molecule has 0 spiro atoms. The largest absolute Gasteiger partial charge is 0.380 e. The third-order valence-electron chi connectivity index (χ3n) is 4.45. The van der Waals surface area contributed by atoms with E-state index in [0.717, 1.165) is 29.8 Å². The average Bonchev–Trinajstić information content (AvgIpc) is 3.03. The lowest BCUT2D eigenvalue weighted by molar-refractivity contribution is 0.137. The molecule has 3 rings (SSSR count). The lowest BCUT2D eigenvalue weighted by atomic mass is 10.3. The van der Waals surface area contributed by atoms with Crippen LogP contribution < -0.4 is 10.2 Å². The zero-order valence-corrected chi connectivity index (χ0v) is 17.8. The molecule has 10 nitrogen and oxygen atoms in total. The van der Waals surface area contributed by atoms with E-state index in [0.29, 0.717) is 37.3 Å². The van der Waals surface area contributed by atoms with Gasteiger partial charge in [-0.05, 0) is 34.0 Å². The summed E-state index contributed by atoms with van der Waals surface area (Å²) in [6.45, 7) is 7.52. The van der Waals surface area contributed by atoms with Gasteiger partial charge in [-0.2, -0.15) is 10.1 Å². The lowest BCUT2D eigenvalue weighted by Crippen LogP contribution is -2.29. The maximum absolute atomic E-state index is 5.51. The highest BCUT2D eigenvalue weighted by molar-refractivity contribution is 5.90. The number of ether oxygens (including phenoxy) is 1. The van der Waals surface area contributed by atoms with E-state index in [1.165, 1.54) is 6.33 Å². The highest BCUT2D eigenvalue weighted by Crippen LogP contribution is 2.27. The first kappa shape index (κ1) is 20.9. The van der Waals surface area contributed by atoms with E-state index in [4.69, 9.17) is 14.7 Å². The Morgan fingerprint density at radius 1 is 1.17 bits per heavy atom. The third-order valence-corrected chi connectivity index (χ3v) is 4.45. The number of aryl methyl sites for hydroxylation is 1. The van der Waals surface area contributed by atoms with Crippen molar-refractivity contribution in [2.24, 2.45) is 0 Å². The number of fused-ring (bicyclic) bond motifs is 1. The molecule has 0 amide bonds. The van der Waals surface area contributed by atoms with Crippen LogP contribution in [0.5, 0.6) is 0 Å². The Bertz CT molecular complexity index is 926. The summed E-state index contributed by atoms with van der Waals surface area (Å²) < 4.78 is 7.41. The first-order valence-corrected chi connectivity index (χ1v) is 9.71. The summed E-state index contributed by atoms with van der Waals surface area (Å²) in [5.41, 5.74) is 2.51. The number of rotatable bonds is 10. The predicted octanol–water partition coefficient (Wildman–Crippen LogP) is 1.70. The van der Waals surface area contributed by atoms with Crippen LogP contribution >= 0.6 is 0 Å². The molecule has 0 radical (unpaired) electrons. The molecule has 0 saturated carbocycles. The Morgan fingerprint density at radius 2 is 2.00 bits per heavy atom. The fraction of sp³-hybridized carbons (Fsp3) is 0.526. The summed E-state index contributed by atoms with van der Waals surface area (Å²) in [6, 6.07) is 1.80. The van der Waals surface area contributed by atoms with Crippen molar-refractivity contribution in [1.82, 2.24) is 34.6 Å². The minimum Gasteiger partial charge on any atom is -0.380 e. The van der Waals surface area contributed by atoms with E-state index in [1.54, 1.807) is 12.3 Å². The van der Waals surface area contributed by atoms with E-state index in [1.807, 2.05) is 44.6 Å². The number of aromatic nitrogens is 6. The minimum absolute atomic E-state index is 0.574. The predicted molar refractivity (Wildman–Crippen MR) is 114 cm³/mol. The van der Waals surface area contributed by atoms with Crippen molar-refractivity contribution in [1.29, 1.82) is 0 Å². The van der Waals surface area contributed by atoms with E-state index < -0.39 is 0 Å². The van der Waals surface area contributed by atoms with E-state index >= 15 is 0 Å². The molecule has 156 valence electrons. The topological polar surface area (TPSA) is 97.1 Å². The van der Waals surface area contributed by atoms with Crippen molar-refractivity contribution in [2.45, 2.75) is 20.4 Å². The standard InChI is InChI=1S/C19H29N9O/c1-6-29-12-11-28-17-16(14(2)25-28)23-19(27(5)10-9-26(3)4)24-18(17)22-15-7-8-20-13-21-15/h7-8,13H,6,9-12H2,1-5H3,(H,20,21,22,23,24). The summed E-state index contributed by atoms with van der Waals surface area (Å²) in [5.74, 6) is 1.97. The highest BCUT2D eigenvalue weighted by Gasteiger charge is 2.19. The lowest BCUT2D eigenvalue weighted by Gasteiger charge is -2.20. The van der Waals surface area contributed by atoms with Gasteiger partial charge in [-0.25, -0.2) is 15.0 Å². The summed E-state index contributed by atoms with van der Waals surface area (Å²) in [4.78, 5) is 22.0. The molecule has 0 aliphatic heterocycles. The molecular weight excluding hydrogens is 370 g/mol. The number of likely N-dealkylation sites (N-methyl/N-ethyl adjacent to an activating group) is 2. The van der Waals surface area contributed by atoms with Crippen LogP contribution in [0.4, 0.5) is 17.6 Å². The van der Waals surface area contributed by atoms with Crippen molar-refractivity contribution < 1.29 is 4.74 Å². The molecule has 0 unspecified atom stereocenters. The number of hydrogen-bond acceptors (Lipinski definition) is 9. The first-order chi connectivity index (χ1) is 14.0. The Kier molecular flexibility index (Phi) is 6.89. The van der Waals surface area contributed by atoms with Crippen LogP contribution in [0.2, 0.25) is 0 Å². The second kappa shape index (κ2) is 9.57. The van der Waals surface area contributed by atoms with Gasteiger partial charge in [0.25, 0.3) is 0 Å². The number of nitrogens with zero attached hydrogens (tertiary/aromatic N) is 8. The van der Waals surface area contributed by atoms with Crippen LogP contribution in [-0.2, 0) is 11.3 Å². The second-order valence-electron chi connectivity index (χ2n) is 7.02. The Balaban J connectivity index is 2.03. The van der Waals surface area contributed by atoms with Gasteiger partial charge >= 0.3 is 0 Å². The van der Waals surface area contributed by atoms with E-state index in [-0.39, 0.29) is 0 Å². The quantitative estimate of drug-likeness (QED) is 0.511. The molecule has 29 heavy (non-hydrogen) atoms. The molecule has 0 fully saturated rings. The molecule has 3 aromatic rings. The van der Waals surface area contributed by atoms with E-state index in [2.05, 4.69) is 25.3 Å². The zero-order valence-electron chi connectivity index (χ0n) is 17.8. The van der Waals surface area contributed by atoms with Crippen molar-refractivity contribution in [3.63, 3.8) is 0 Å². The van der Waals surface area contributed by atoms with Gasteiger partial charge in [0.05, 0.1) is 18.8 Å². The SMILES string of the molecule is CCOCCn1nc(C)c2nc(N(C)CCN(C)C)nc(Nc3ccncn3)c21.